The molecular formula is C12H14N2S. The Morgan fingerprint density at radius 1 is 1.40 bits per heavy atom. The number of nitrogens with one attached hydrogen (secondary N) is 1. The molecule has 0 saturated carbocycles. The maximum atomic E-state index is 4.12. The minimum atomic E-state index is 0.341. The van der Waals surface area contributed by atoms with Crippen molar-refractivity contribution >= 4 is 17.0 Å². The van der Waals surface area contributed by atoms with Crippen LogP contribution in [0.1, 0.15) is 23.4 Å². The lowest BCUT2D eigenvalue weighted by molar-refractivity contribution is 0.903. The van der Waals surface area contributed by atoms with Gasteiger partial charge in [-0.05, 0) is 36.9 Å². The molecule has 1 atom stereocenters. The van der Waals surface area contributed by atoms with Gasteiger partial charge in [-0.2, -0.15) is 0 Å². The summed E-state index contributed by atoms with van der Waals surface area (Å²) in [7, 11) is 0. The number of pyridine rings is 1. The van der Waals surface area contributed by atoms with E-state index in [1.54, 1.807) is 11.3 Å². The first kappa shape index (κ1) is 10.2. The zero-order chi connectivity index (χ0) is 10.7. The quantitative estimate of drug-likeness (QED) is 0.851. The van der Waals surface area contributed by atoms with Gasteiger partial charge in [-0.3, -0.25) is 4.98 Å². The third-order valence-corrected chi connectivity index (χ3v) is 3.44. The van der Waals surface area contributed by atoms with Crippen LogP contribution in [-0.4, -0.2) is 4.98 Å². The summed E-state index contributed by atoms with van der Waals surface area (Å²) in [5.41, 5.74) is 2.34. The van der Waals surface area contributed by atoms with E-state index >= 15 is 0 Å². The number of thiophene rings is 1. The number of anilines is 1. The van der Waals surface area contributed by atoms with Crippen LogP contribution in [0.25, 0.3) is 0 Å². The Labute approximate surface area is 94.0 Å². The molecule has 2 nitrogen and oxygen atoms in total. The van der Waals surface area contributed by atoms with Gasteiger partial charge < -0.3 is 5.32 Å². The van der Waals surface area contributed by atoms with E-state index in [2.05, 4.69) is 41.7 Å². The molecule has 0 radical (unpaired) electrons. The Kier molecular flexibility index (Phi) is 3.02. The van der Waals surface area contributed by atoms with Gasteiger partial charge in [-0.1, -0.05) is 6.07 Å². The van der Waals surface area contributed by atoms with Crippen molar-refractivity contribution in [2.75, 3.05) is 5.32 Å². The molecule has 0 aliphatic heterocycles. The smallest absolute Gasteiger partial charge is 0.0579 e. The van der Waals surface area contributed by atoms with Gasteiger partial charge in [0.2, 0.25) is 0 Å². The molecule has 0 aliphatic carbocycles. The fraction of sp³-hybridized carbons (Fsp3) is 0.250. The Morgan fingerprint density at radius 3 is 2.93 bits per heavy atom. The highest BCUT2D eigenvalue weighted by atomic mass is 32.1. The van der Waals surface area contributed by atoms with Crippen LogP contribution < -0.4 is 5.32 Å². The van der Waals surface area contributed by atoms with Crippen LogP contribution in [0.2, 0.25) is 0 Å². The van der Waals surface area contributed by atoms with E-state index in [1.807, 2.05) is 18.5 Å². The predicted octanol–water partition coefficient (Wildman–Crippen LogP) is 3.62. The van der Waals surface area contributed by atoms with Crippen molar-refractivity contribution in [3.63, 3.8) is 0 Å². The molecule has 2 aromatic heterocycles. The predicted molar refractivity (Wildman–Crippen MR) is 65.3 cm³/mol. The van der Waals surface area contributed by atoms with E-state index in [9.17, 15) is 0 Å². The van der Waals surface area contributed by atoms with Crippen LogP contribution in [0.3, 0.4) is 0 Å². The second-order valence-electron chi connectivity index (χ2n) is 3.57. The molecule has 78 valence electrons. The van der Waals surface area contributed by atoms with Crippen molar-refractivity contribution in [1.29, 1.82) is 0 Å². The molecule has 15 heavy (non-hydrogen) atoms. The number of nitrogens with zero attached hydrogens (tertiary/aromatic N) is 1. The number of hydrogen-bond acceptors (Lipinski definition) is 3. The average Bonchev–Trinajstić information content (AvgIpc) is 2.74. The van der Waals surface area contributed by atoms with Crippen molar-refractivity contribution in [1.82, 2.24) is 4.98 Å². The fourth-order valence-electron chi connectivity index (χ4n) is 1.46. The molecule has 0 bridgehead atoms. The molecule has 3 heteroatoms. The molecule has 0 amide bonds. The summed E-state index contributed by atoms with van der Waals surface area (Å²) in [4.78, 5) is 5.47. The summed E-state index contributed by atoms with van der Waals surface area (Å²) in [5, 5.41) is 5.56. The summed E-state index contributed by atoms with van der Waals surface area (Å²) in [6.07, 6.45) is 3.69. The lowest BCUT2D eigenvalue weighted by Gasteiger charge is -2.14. The first-order valence-corrected chi connectivity index (χ1v) is 5.86. The van der Waals surface area contributed by atoms with E-state index in [0.717, 1.165) is 5.69 Å². The van der Waals surface area contributed by atoms with Crippen LogP contribution >= 0.6 is 11.3 Å². The van der Waals surface area contributed by atoms with Crippen LogP contribution in [0.5, 0.6) is 0 Å². The molecule has 2 aromatic rings. The summed E-state index contributed by atoms with van der Waals surface area (Å²) in [6, 6.07) is 6.58. The molecule has 2 heterocycles. The summed E-state index contributed by atoms with van der Waals surface area (Å²) < 4.78 is 0. The van der Waals surface area contributed by atoms with Gasteiger partial charge >= 0.3 is 0 Å². The monoisotopic (exact) mass is 218 g/mol. The van der Waals surface area contributed by atoms with Crippen molar-refractivity contribution < 1.29 is 0 Å². The average molecular weight is 218 g/mol. The van der Waals surface area contributed by atoms with Crippen LogP contribution in [0, 0.1) is 6.92 Å². The molecule has 2 rings (SSSR count). The van der Waals surface area contributed by atoms with Gasteiger partial charge in [0.25, 0.3) is 0 Å². The van der Waals surface area contributed by atoms with Crippen molar-refractivity contribution in [2.24, 2.45) is 0 Å². The zero-order valence-electron chi connectivity index (χ0n) is 8.90. The lowest BCUT2D eigenvalue weighted by atomic mass is 10.2. The van der Waals surface area contributed by atoms with Crippen LogP contribution in [0.15, 0.2) is 36.0 Å². The van der Waals surface area contributed by atoms with E-state index < -0.39 is 0 Å². The minimum absolute atomic E-state index is 0.341. The number of rotatable bonds is 3. The summed E-state index contributed by atoms with van der Waals surface area (Å²) in [5.74, 6) is 0. The Morgan fingerprint density at radius 2 is 2.27 bits per heavy atom. The van der Waals surface area contributed by atoms with E-state index in [-0.39, 0.29) is 0 Å². The Hall–Kier alpha value is -1.35. The van der Waals surface area contributed by atoms with Gasteiger partial charge in [0.1, 0.15) is 0 Å². The standard InChI is InChI=1S/C12H14N2S/c1-9-5-6-13-8-11(9)14-10(2)12-4-3-7-15-12/h3-8,10,14H,1-2H3/t10-/m1/s1. The van der Waals surface area contributed by atoms with Gasteiger partial charge in [0, 0.05) is 11.1 Å². The summed E-state index contributed by atoms with van der Waals surface area (Å²) in [6.45, 7) is 4.25. The largest absolute Gasteiger partial charge is 0.376 e. The molecule has 0 aliphatic rings. The highest BCUT2D eigenvalue weighted by Gasteiger charge is 2.06. The molecule has 0 saturated heterocycles. The lowest BCUT2D eigenvalue weighted by Crippen LogP contribution is -2.06. The topological polar surface area (TPSA) is 24.9 Å². The molecule has 0 fully saturated rings. The van der Waals surface area contributed by atoms with E-state index in [1.165, 1.54) is 10.4 Å². The van der Waals surface area contributed by atoms with Gasteiger partial charge in [-0.15, -0.1) is 11.3 Å². The van der Waals surface area contributed by atoms with Crippen LogP contribution in [-0.2, 0) is 0 Å². The van der Waals surface area contributed by atoms with Crippen molar-refractivity contribution in [2.45, 2.75) is 19.9 Å². The van der Waals surface area contributed by atoms with Gasteiger partial charge in [0.15, 0.2) is 0 Å². The summed E-state index contributed by atoms with van der Waals surface area (Å²) >= 11 is 1.77. The molecule has 0 spiro atoms. The molecule has 1 N–H and O–H groups in total. The first-order valence-electron chi connectivity index (χ1n) is 4.98. The van der Waals surface area contributed by atoms with Crippen LogP contribution in [0.4, 0.5) is 5.69 Å². The minimum Gasteiger partial charge on any atom is -0.376 e. The second-order valence-corrected chi connectivity index (χ2v) is 4.55. The van der Waals surface area contributed by atoms with Crippen molar-refractivity contribution in [3.8, 4) is 0 Å². The molecular weight excluding hydrogens is 204 g/mol. The zero-order valence-corrected chi connectivity index (χ0v) is 9.71. The highest BCUT2D eigenvalue weighted by molar-refractivity contribution is 7.10. The normalized spacial score (nSPS) is 12.4. The number of aromatic nitrogens is 1. The third-order valence-electron chi connectivity index (χ3n) is 2.38. The number of hydrogen-bond donors (Lipinski definition) is 1. The first-order chi connectivity index (χ1) is 7.27. The van der Waals surface area contributed by atoms with Crippen molar-refractivity contribution in [3.05, 3.63) is 46.4 Å². The number of aryl methyl sites for hydroxylation is 1. The molecule has 0 aromatic carbocycles. The SMILES string of the molecule is Cc1ccncc1N[C@H](C)c1cccs1. The fourth-order valence-corrected chi connectivity index (χ4v) is 2.19. The Bertz CT molecular complexity index is 423. The maximum Gasteiger partial charge on any atom is 0.0579 e. The van der Waals surface area contributed by atoms with E-state index in [0.29, 0.717) is 6.04 Å². The highest BCUT2D eigenvalue weighted by Crippen LogP contribution is 2.23. The van der Waals surface area contributed by atoms with Gasteiger partial charge in [-0.25, -0.2) is 0 Å². The van der Waals surface area contributed by atoms with E-state index in [4.69, 9.17) is 0 Å². The van der Waals surface area contributed by atoms with Gasteiger partial charge in [0.05, 0.1) is 17.9 Å². The second kappa shape index (κ2) is 4.45. The maximum absolute atomic E-state index is 4.12. The third kappa shape index (κ3) is 2.36. The Balaban J connectivity index is 2.13. The molecule has 0 unspecified atom stereocenters.